The first kappa shape index (κ1) is 20.3. The average Bonchev–Trinajstić information content (AvgIpc) is 3.24. The maximum absolute atomic E-state index is 14.6. The average molecular weight is 413 g/mol. The van der Waals surface area contributed by atoms with Crippen LogP contribution in [-0.2, 0) is 11.2 Å². The van der Waals surface area contributed by atoms with Gasteiger partial charge in [-0.2, -0.15) is 4.98 Å². The number of nitrogens with zero attached hydrogens (tertiary/aromatic N) is 3. The molecule has 2 heterocycles. The number of hydrogen-bond donors (Lipinski definition) is 0. The zero-order valence-corrected chi connectivity index (χ0v) is 17.0. The molecule has 1 aliphatic rings. The molecule has 0 N–H and O–H groups in total. The molecule has 0 aliphatic carbocycles. The van der Waals surface area contributed by atoms with Crippen molar-refractivity contribution in [3.05, 3.63) is 71.1 Å². The monoisotopic (exact) mass is 413 g/mol. The molecule has 1 fully saturated rings. The first-order valence-corrected chi connectivity index (χ1v) is 9.79. The number of morpholine rings is 1. The van der Waals surface area contributed by atoms with Gasteiger partial charge in [0.25, 0.3) is 0 Å². The molecule has 0 amide bonds. The summed E-state index contributed by atoms with van der Waals surface area (Å²) in [6.07, 6.45) is 0.455. The van der Waals surface area contributed by atoms with Crippen molar-refractivity contribution in [2.75, 3.05) is 40.5 Å². The molecule has 0 unspecified atom stereocenters. The van der Waals surface area contributed by atoms with Crippen LogP contribution >= 0.6 is 0 Å². The SMILES string of the molecule is COc1ccc(Cc2noc([C@H](c3ccccc3F)N3CCOCC3)n2)cc1OC. The predicted molar refractivity (Wildman–Crippen MR) is 107 cm³/mol. The van der Waals surface area contributed by atoms with Crippen molar-refractivity contribution in [1.82, 2.24) is 15.0 Å². The van der Waals surface area contributed by atoms with Gasteiger partial charge in [0.15, 0.2) is 17.3 Å². The van der Waals surface area contributed by atoms with E-state index in [-0.39, 0.29) is 5.82 Å². The minimum atomic E-state index is -0.457. The third-order valence-corrected chi connectivity index (χ3v) is 5.14. The number of methoxy groups -OCH3 is 2. The van der Waals surface area contributed by atoms with Crippen LogP contribution in [0.4, 0.5) is 4.39 Å². The Morgan fingerprint density at radius 3 is 2.57 bits per heavy atom. The summed E-state index contributed by atoms with van der Waals surface area (Å²) in [7, 11) is 3.19. The number of halogens is 1. The smallest absolute Gasteiger partial charge is 0.248 e. The van der Waals surface area contributed by atoms with E-state index < -0.39 is 6.04 Å². The van der Waals surface area contributed by atoms with Crippen LogP contribution in [0.25, 0.3) is 0 Å². The quantitative estimate of drug-likeness (QED) is 0.589. The highest BCUT2D eigenvalue weighted by atomic mass is 19.1. The highest BCUT2D eigenvalue weighted by Gasteiger charge is 2.31. The fraction of sp³-hybridized carbons (Fsp3) is 0.364. The van der Waals surface area contributed by atoms with Crippen molar-refractivity contribution in [3.63, 3.8) is 0 Å². The Hall–Kier alpha value is -2.97. The van der Waals surface area contributed by atoms with Crippen LogP contribution in [0.15, 0.2) is 47.0 Å². The molecule has 1 saturated heterocycles. The van der Waals surface area contributed by atoms with Crippen LogP contribution in [0.5, 0.6) is 11.5 Å². The summed E-state index contributed by atoms with van der Waals surface area (Å²) < 4.78 is 36.3. The van der Waals surface area contributed by atoms with E-state index in [1.54, 1.807) is 26.4 Å². The van der Waals surface area contributed by atoms with E-state index in [9.17, 15) is 4.39 Å². The minimum Gasteiger partial charge on any atom is -0.493 e. The number of aromatic nitrogens is 2. The summed E-state index contributed by atoms with van der Waals surface area (Å²) in [6.45, 7) is 2.48. The summed E-state index contributed by atoms with van der Waals surface area (Å²) in [5, 5.41) is 4.14. The van der Waals surface area contributed by atoms with Gasteiger partial charge in [0, 0.05) is 25.1 Å². The molecule has 2 aromatic carbocycles. The van der Waals surface area contributed by atoms with Crippen molar-refractivity contribution in [1.29, 1.82) is 0 Å². The molecular formula is C22H24FN3O4. The molecule has 0 radical (unpaired) electrons. The second kappa shape index (κ2) is 9.23. The molecule has 8 heteroatoms. The summed E-state index contributed by atoms with van der Waals surface area (Å²) in [5.74, 6) is 1.89. The summed E-state index contributed by atoms with van der Waals surface area (Å²) >= 11 is 0. The second-order valence-electron chi connectivity index (χ2n) is 6.99. The van der Waals surface area contributed by atoms with Crippen LogP contribution in [0.2, 0.25) is 0 Å². The number of benzene rings is 2. The zero-order valence-electron chi connectivity index (χ0n) is 17.0. The Labute approximate surface area is 174 Å². The lowest BCUT2D eigenvalue weighted by Gasteiger charge is -2.32. The van der Waals surface area contributed by atoms with E-state index in [1.807, 2.05) is 24.3 Å². The summed E-state index contributed by atoms with van der Waals surface area (Å²) in [4.78, 5) is 6.70. The van der Waals surface area contributed by atoms with E-state index >= 15 is 0 Å². The predicted octanol–water partition coefficient (Wildman–Crippen LogP) is 3.24. The normalized spacial score (nSPS) is 15.7. The van der Waals surface area contributed by atoms with Gasteiger partial charge in [-0.25, -0.2) is 4.39 Å². The first-order valence-electron chi connectivity index (χ1n) is 9.79. The largest absolute Gasteiger partial charge is 0.493 e. The highest BCUT2D eigenvalue weighted by Crippen LogP contribution is 2.31. The summed E-state index contributed by atoms with van der Waals surface area (Å²) in [6, 6.07) is 11.9. The van der Waals surface area contributed by atoms with Crippen LogP contribution < -0.4 is 9.47 Å². The van der Waals surface area contributed by atoms with Crippen molar-refractivity contribution in [3.8, 4) is 11.5 Å². The second-order valence-corrected chi connectivity index (χ2v) is 6.99. The van der Waals surface area contributed by atoms with Gasteiger partial charge >= 0.3 is 0 Å². The molecule has 0 spiro atoms. The van der Waals surface area contributed by atoms with E-state index in [0.717, 1.165) is 5.56 Å². The van der Waals surface area contributed by atoms with Gasteiger partial charge in [-0.3, -0.25) is 4.90 Å². The van der Waals surface area contributed by atoms with Crippen LogP contribution in [0.1, 0.15) is 28.9 Å². The summed E-state index contributed by atoms with van der Waals surface area (Å²) in [5.41, 5.74) is 1.47. The molecule has 1 atom stereocenters. The van der Waals surface area contributed by atoms with Crippen LogP contribution in [0.3, 0.4) is 0 Å². The minimum absolute atomic E-state index is 0.298. The lowest BCUT2D eigenvalue weighted by molar-refractivity contribution is 0.0174. The third-order valence-electron chi connectivity index (χ3n) is 5.14. The van der Waals surface area contributed by atoms with E-state index in [1.165, 1.54) is 6.07 Å². The van der Waals surface area contributed by atoms with Crippen LogP contribution in [0, 0.1) is 5.82 Å². The number of hydrogen-bond acceptors (Lipinski definition) is 7. The Kier molecular flexibility index (Phi) is 6.25. The van der Waals surface area contributed by atoms with Crippen LogP contribution in [-0.4, -0.2) is 55.6 Å². The maximum atomic E-state index is 14.6. The molecule has 1 aliphatic heterocycles. The van der Waals surface area contributed by atoms with Crippen molar-refractivity contribution in [2.24, 2.45) is 0 Å². The maximum Gasteiger partial charge on any atom is 0.248 e. The number of rotatable bonds is 7. The standard InChI is InChI=1S/C22H24FN3O4/c1-27-18-8-7-15(13-19(18)28-2)14-20-24-22(30-25-20)21(26-9-11-29-12-10-26)16-5-3-4-6-17(16)23/h3-8,13,21H,9-12,14H2,1-2H3/t21-/m0/s1. The zero-order chi connectivity index (χ0) is 20.9. The first-order chi connectivity index (χ1) is 14.7. The Bertz CT molecular complexity index is 988. The van der Waals surface area contributed by atoms with Crippen molar-refractivity contribution in [2.45, 2.75) is 12.5 Å². The van der Waals surface area contributed by atoms with Gasteiger partial charge in [-0.05, 0) is 23.8 Å². The van der Waals surface area contributed by atoms with E-state index in [2.05, 4.69) is 15.0 Å². The topological polar surface area (TPSA) is 69.9 Å². The van der Waals surface area contributed by atoms with E-state index in [4.69, 9.17) is 18.7 Å². The Morgan fingerprint density at radius 2 is 1.83 bits per heavy atom. The van der Waals surface area contributed by atoms with Gasteiger partial charge in [-0.1, -0.05) is 29.4 Å². The molecule has 30 heavy (non-hydrogen) atoms. The molecule has 4 rings (SSSR count). The van der Waals surface area contributed by atoms with E-state index in [0.29, 0.717) is 61.5 Å². The third kappa shape index (κ3) is 4.29. The van der Waals surface area contributed by atoms with Crippen molar-refractivity contribution >= 4 is 0 Å². The molecular weight excluding hydrogens is 389 g/mol. The van der Waals surface area contributed by atoms with Gasteiger partial charge < -0.3 is 18.7 Å². The van der Waals surface area contributed by atoms with Crippen molar-refractivity contribution < 1.29 is 23.1 Å². The molecule has 0 bridgehead atoms. The van der Waals surface area contributed by atoms with Gasteiger partial charge in [0.05, 0.1) is 27.4 Å². The van der Waals surface area contributed by atoms with Gasteiger partial charge in [0.1, 0.15) is 11.9 Å². The van der Waals surface area contributed by atoms with Gasteiger partial charge in [-0.15, -0.1) is 0 Å². The molecule has 1 aromatic heterocycles. The number of ether oxygens (including phenoxy) is 3. The van der Waals surface area contributed by atoms with Gasteiger partial charge in [0.2, 0.25) is 5.89 Å². The molecule has 0 saturated carbocycles. The lowest BCUT2D eigenvalue weighted by atomic mass is 10.0. The highest BCUT2D eigenvalue weighted by molar-refractivity contribution is 5.43. The Morgan fingerprint density at radius 1 is 1.07 bits per heavy atom. The fourth-order valence-corrected chi connectivity index (χ4v) is 3.64. The lowest BCUT2D eigenvalue weighted by Crippen LogP contribution is -2.40. The molecule has 3 aromatic rings. The fourth-order valence-electron chi connectivity index (χ4n) is 3.64. The Balaban J connectivity index is 1.62. The molecule has 7 nitrogen and oxygen atoms in total. The molecule has 158 valence electrons.